The third kappa shape index (κ3) is 11.7. The number of rotatable bonds is 13. The summed E-state index contributed by atoms with van der Waals surface area (Å²) in [6.07, 6.45) is 34.7. The van der Waals surface area contributed by atoms with Crippen LogP contribution in [0.25, 0.3) is 28.5 Å². The second kappa shape index (κ2) is 21.9. The molecule has 0 amide bonds. The Balaban J connectivity index is 0.987. The zero-order valence-corrected chi connectivity index (χ0v) is 40.2. The van der Waals surface area contributed by atoms with E-state index in [4.69, 9.17) is 25.7 Å². The molecule has 3 N–H and O–H groups in total. The molecule has 0 saturated heterocycles. The van der Waals surface area contributed by atoms with E-state index >= 15 is 0 Å². The number of fused-ring (bicyclic) bond motifs is 1. The molecule has 2 aliphatic heterocycles. The van der Waals surface area contributed by atoms with E-state index in [0.29, 0.717) is 24.6 Å². The monoisotopic (exact) mass is 896 g/mol. The first-order valence-corrected chi connectivity index (χ1v) is 24.2. The van der Waals surface area contributed by atoms with Crippen molar-refractivity contribution < 1.29 is 0 Å². The number of allylic oxidation sites excluding steroid dienone is 11. The summed E-state index contributed by atoms with van der Waals surface area (Å²) in [4.78, 5) is 22.6. The Morgan fingerprint density at radius 3 is 2.43 bits per heavy atom. The predicted octanol–water partition coefficient (Wildman–Crippen LogP) is 14.7. The topological polar surface area (TPSA) is 87.5 Å². The van der Waals surface area contributed by atoms with Crippen molar-refractivity contribution >= 4 is 52.5 Å². The Bertz CT molecular complexity index is 2940. The van der Waals surface area contributed by atoms with Gasteiger partial charge in [-0.15, -0.1) is 0 Å². The van der Waals surface area contributed by atoms with Crippen LogP contribution in [0.4, 0.5) is 0 Å². The van der Waals surface area contributed by atoms with Crippen molar-refractivity contribution in [1.82, 2.24) is 5.32 Å². The summed E-state index contributed by atoms with van der Waals surface area (Å²) in [5.74, 6) is 2.61. The SMILES string of the molecule is C/C=C\C=C/CC1=NC(c2cccc(-c3ccc(/C(C)=C/C=C(\C)C(=NC/C=C/c4ccc5c(c4)SC4=C(CCC=C4)C5(C)C)N=C(N)c4ccccc4)cc3)c2)=CNC(C2=CCCC=C2)=N1. The van der Waals surface area contributed by atoms with Crippen LogP contribution in [-0.4, -0.2) is 29.9 Å². The van der Waals surface area contributed by atoms with Crippen LogP contribution in [0.5, 0.6) is 0 Å². The Morgan fingerprint density at radius 1 is 0.806 bits per heavy atom. The normalized spacial score (nSPS) is 17.8. The summed E-state index contributed by atoms with van der Waals surface area (Å²) in [5.41, 5.74) is 20.0. The van der Waals surface area contributed by atoms with Gasteiger partial charge in [-0.05, 0) is 103 Å². The first kappa shape index (κ1) is 46.4. The number of hydrogen-bond acceptors (Lipinski definition) is 5. The maximum absolute atomic E-state index is 6.57. The number of benzene rings is 4. The van der Waals surface area contributed by atoms with E-state index in [-0.39, 0.29) is 5.41 Å². The van der Waals surface area contributed by atoms with Gasteiger partial charge >= 0.3 is 0 Å². The van der Waals surface area contributed by atoms with Gasteiger partial charge in [0.05, 0.1) is 12.2 Å². The number of aliphatic imine (C=N–C) groups is 4. The van der Waals surface area contributed by atoms with Crippen molar-refractivity contribution in [3.05, 3.63) is 226 Å². The second-order valence-electron chi connectivity index (χ2n) is 17.5. The zero-order valence-electron chi connectivity index (χ0n) is 39.3. The summed E-state index contributed by atoms with van der Waals surface area (Å²) in [5, 5.41) is 3.47. The molecule has 4 aromatic rings. The molecule has 8 rings (SSSR count). The third-order valence-electron chi connectivity index (χ3n) is 12.3. The quantitative estimate of drug-likeness (QED) is 0.0796. The molecule has 0 aromatic heterocycles. The number of thioether (sulfide) groups is 1. The van der Waals surface area contributed by atoms with E-state index in [1.165, 1.54) is 15.4 Å². The Hall–Kier alpha value is -7.09. The summed E-state index contributed by atoms with van der Waals surface area (Å²) >= 11 is 1.90. The molecule has 0 radical (unpaired) electrons. The molecular formula is C60H60N6S. The van der Waals surface area contributed by atoms with Crippen molar-refractivity contribution in [1.29, 1.82) is 0 Å². The van der Waals surface area contributed by atoms with E-state index in [9.17, 15) is 0 Å². The van der Waals surface area contributed by atoms with Gasteiger partial charge in [0.15, 0.2) is 5.84 Å². The van der Waals surface area contributed by atoms with E-state index < -0.39 is 0 Å². The fourth-order valence-corrected chi connectivity index (χ4v) is 9.99. The molecule has 2 heterocycles. The lowest BCUT2D eigenvalue weighted by molar-refractivity contribution is 0.574. The zero-order chi connectivity index (χ0) is 46.6. The smallest absolute Gasteiger partial charge is 0.152 e. The average molecular weight is 897 g/mol. The molecule has 6 nitrogen and oxygen atoms in total. The molecule has 0 atom stereocenters. The molecule has 7 heteroatoms. The van der Waals surface area contributed by atoms with Crippen LogP contribution in [0, 0.1) is 0 Å². The maximum atomic E-state index is 6.57. The summed E-state index contributed by atoms with van der Waals surface area (Å²) in [6.45, 7) is 11.4. The molecule has 336 valence electrons. The number of amidine groups is 4. The number of nitrogens with one attached hydrogen (secondary N) is 1. The van der Waals surface area contributed by atoms with Crippen LogP contribution >= 0.6 is 11.8 Å². The fourth-order valence-electron chi connectivity index (χ4n) is 8.48. The standard InChI is InChI=1S/C60H60N6S/c1-6-7-8-15-29-56-64-53(41-63-59(65-56)48-23-13-10-14-24-48)50-26-18-25-49(40-50)46-35-33-45(34-36-46)42(2)30-31-43(3)58(66-57(61)47-21-11-9-12-22-47)62-38-19-20-44-32-37-52-55(39-44)67-54-28-17-16-27-51(54)60(52,4)5/h6-9,11-13,15,17-26,28,30-37,39-41H,10,14,16,27,29,38H2,1-5H3,(H2,61,62,66)(H,63,64,65)/b7-6-,15-8-,20-19+,42-30+,43-31+. The second-order valence-corrected chi connectivity index (χ2v) is 18.6. The lowest BCUT2D eigenvalue weighted by atomic mass is 9.74. The average Bonchev–Trinajstić information content (AvgIpc) is 3.59. The Labute approximate surface area is 401 Å². The van der Waals surface area contributed by atoms with Crippen LogP contribution in [0.2, 0.25) is 0 Å². The number of nitrogens with zero attached hydrogens (tertiary/aromatic N) is 4. The van der Waals surface area contributed by atoms with E-state index in [1.807, 2.05) is 80.4 Å². The van der Waals surface area contributed by atoms with Gasteiger partial charge in [-0.3, -0.25) is 4.99 Å². The van der Waals surface area contributed by atoms with Crippen LogP contribution in [0.1, 0.15) is 94.5 Å². The van der Waals surface area contributed by atoms with Gasteiger partial charge in [-0.2, -0.15) is 0 Å². The Morgan fingerprint density at radius 2 is 1.63 bits per heavy atom. The first-order chi connectivity index (χ1) is 32.7. The van der Waals surface area contributed by atoms with Crippen LogP contribution in [0.15, 0.2) is 223 Å². The lowest BCUT2D eigenvalue weighted by Gasteiger charge is -2.37. The predicted molar refractivity (Wildman–Crippen MR) is 290 cm³/mol. The van der Waals surface area contributed by atoms with Crippen LogP contribution in [-0.2, 0) is 5.41 Å². The van der Waals surface area contributed by atoms with Crippen molar-refractivity contribution in [3.8, 4) is 11.1 Å². The molecule has 0 saturated carbocycles. The van der Waals surface area contributed by atoms with Gasteiger partial charge in [-0.1, -0.05) is 190 Å². The van der Waals surface area contributed by atoms with Crippen molar-refractivity contribution in [2.75, 3.05) is 6.54 Å². The molecule has 4 aromatic carbocycles. The van der Waals surface area contributed by atoms with Gasteiger partial charge in [0, 0.05) is 44.5 Å². The van der Waals surface area contributed by atoms with Crippen LogP contribution in [0.3, 0.4) is 0 Å². The molecule has 4 aliphatic rings. The number of nitrogens with two attached hydrogens (primary N) is 1. The van der Waals surface area contributed by atoms with Crippen LogP contribution < -0.4 is 11.1 Å². The van der Waals surface area contributed by atoms with Crippen molar-refractivity contribution in [2.24, 2.45) is 25.7 Å². The Kier molecular flexibility index (Phi) is 15.2. The fraction of sp³-hybridized carbons (Fsp3) is 0.200. The minimum Gasteiger partial charge on any atom is -0.383 e. The van der Waals surface area contributed by atoms with Crippen molar-refractivity contribution in [3.63, 3.8) is 0 Å². The van der Waals surface area contributed by atoms with Gasteiger partial charge in [0.1, 0.15) is 17.5 Å². The molecule has 0 spiro atoms. The van der Waals surface area contributed by atoms with E-state index in [1.54, 1.807) is 5.57 Å². The summed E-state index contributed by atoms with van der Waals surface area (Å²) < 4.78 is 0. The molecule has 0 bridgehead atoms. The third-order valence-corrected chi connectivity index (χ3v) is 13.5. The summed E-state index contributed by atoms with van der Waals surface area (Å²) in [6, 6.07) is 34.0. The lowest BCUT2D eigenvalue weighted by Crippen LogP contribution is -2.25. The van der Waals surface area contributed by atoms with Gasteiger partial charge < -0.3 is 11.1 Å². The van der Waals surface area contributed by atoms with E-state index in [2.05, 4.69) is 154 Å². The largest absolute Gasteiger partial charge is 0.383 e. The molecule has 2 aliphatic carbocycles. The highest BCUT2D eigenvalue weighted by molar-refractivity contribution is 8.03. The van der Waals surface area contributed by atoms with Gasteiger partial charge in [0.2, 0.25) is 0 Å². The highest BCUT2D eigenvalue weighted by Gasteiger charge is 2.34. The van der Waals surface area contributed by atoms with Gasteiger partial charge in [0.25, 0.3) is 0 Å². The van der Waals surface area contributed by atoms with Crippen molar-refractivity contribution in [2.45, 2.75) is 77.0 Å². The molecule has 67 heavy (non-hydrogen) atoms. The highest BCUT2D eigenvalue weighted by Crippen LogP contribution is 2.51. The highest BCUT2D eigenvalue weighted by atomic mass is 32.2. The minimum atomic E-state index is 0.0360. The first-order valence-electron chi connectivity index (χ1n) is 23.3. The number of hydrogen-bond donors (Lipinski definition) is 2. The summed E-state index contributed by atoms with van der Waals surface area (Å²) in [7, 11) is 0. The minimum absolute atomic E-state index is 0.0360. The van der Waals surface area contributed by atoms with E-state index in [0.717, 1.165) is 93.2 Å². The molecular weight excluding hydrogens is 837 g/mol. The van der Waals surface area contributed by atoms with Gasteiger partial charge in [-0.25, -0.2) is 15.0 Å². The maximum Gasteiger partial charge on any atom is 0.152 e. The molecule has 0 unspecified atom stereocenters. The molecule has 0 fully saturated rings.